The molecule has 0 bridgehead atoms. The van der Waals surface area contributed by atoms with Crippen molar-refractivity contribution in [2.45, 2.75) is 26.1 Å². The van der Waals surface area contributed by atoms with Crippen molar-refractivity contribution in [3.8, 4) is 5.75 Å². The Morgan fingerprint density at radius 1 is 1.42 bits per heavy atom. The Kier molecular flexibility index (Phi) is 3.67. The smallest absolute Gasteiger partial charge is 0.316 e. The van der Waals surface area contributed by atoms with Gasteiger partial charge in [0.1, 0.15) is 5.82 Å². The third kappa shape index (κ3) is 2.81. The number of hydrogen-bond donors (Lipinski definition) is 1. The molecule has 0 radical (unpaired) electrons. The highest BCUT2D eigenvalue weighted by atomic mass is 79.9. The maximum absolute atomic E-state index is 13.3. The van der Waals surface area contributed by atoms with Gasteiger partial charge in [0.15, 0.2) is 5.75 Å². The van der Waals surface area contributed by atoms with E-state index in [0.717, 1.165) is 11.2 Å². The molecule has 0 atom stereocenters. The van der Waals surface area contributed by atoms with Gasteiger partial charge in [0.25, 0.3) is 0 Å². The molecule has 5 heteroatoms. The Bertz CT molecular complexity index is 628. The monoisotopic (exact) mass is 327 g/mol. The number of carbonyl (C=O) groups is 1. The average molecular weight is 328 g/mol. The fraction of sp³-hybridized carbons (Fsp3) is 0.357. The highest BCUT2D eigenvalue weighted by molar-refractivity contribution is 9.08. The molecule has 3 nitrogen and oxygen atoms in total. The van der Waals surface area contributed by atoms with Crippen LogP contribution in [0, 0.1) is 11.2 Å². The Morgan fingerprint density at radius 3 is 2.68 bits per heavy atom. The highest BCUT2D eigenvalue weighted by Gasteiger charge is 2.26. The molecule has 0 saturated carbocycles. The van der Waals surface area contributed by atoms with Crippen LogP contribution in [0.15, 0.2) is 18.2 Å². The number of alkyl halides is 1. The fourth-order valence-corrected chi connectivity index (χ4v) is 2.05. The third-order valence-corrected chi connectivity index (χ3v) is 3.29. The van der Waals surface area contributed by atoms with Crippen LogP contribution in [0.2, 0.25) is 0 Å². The van der Waals surface area contributed by atoms with Crippen LogP contribution in [0.3, 0.4) is 0 Å². The lowest BCUT2D eigenvalue weighted by Crippen LogP contribution is -2.25. The summed E-state index contributed by atoms with van der Waals surface area (Å²) in [5, 5.41) is 1.07. The largest absolute Gasteiger partial charge is 0.424 e. The third-order valence-electron chi connectivity index (χ3n) is 2.73. The summed E-state index contributed by atoms with van der Waals surface area (Å²) in [4.78, 5) is 15.1. The number of ether oxygens (including phenoxy) is 1. The van der Waals surface area contributed by atoms with Gasteiger partial charge in [-0.2, -0.15) is 0 Å². The lowest BCUT2D eigenvalue weighted by molar-refractivity contribution is -0.142. The first-order valence-corrected chi connectivity index (χ1v) is 7.03. The normalized spacial score (nSPS) is 11.8. The minimum Gasteiger partial charge on any atom is -0.424 e. The standard InChI is InChI=1S/C14H15BrFNO2/c1-14(2,3)13(18)19-12-9-6-8(16)4-5-10(9)17-11(12)7-15/h4-6,17H,7H2,1-3H3. The lowest BCUT2D eigenvalue weighted by Gasteiger charge is -2.16. The zero-order valence-electron chi connectivity index (χ0n) is 11.0. The summed E-state index contributed by atoms with van der Waals surface area (Å²) in [6, 6.07) is 4.36. The van der Waals surface area contributed by atoms with E-state index in [-0.39, 0.29) is 11.8 Å². The van der Waals surface area contributed by atoms with Crippen LogP contribution in [0.4, 0.5) is 4.39 Å². The van der Waals surface area contributed by atoms with E-state index in [1.54, 1.807) is 26.8 Å². The van der Waals surface area contributed by atoms with Gasteiger partial charge in [-0.1, -0.05) is 15.9 Å². The molecule has 0 fully saturated rings. The molecule has 1 aromatic carbocycles. The first-order valence-electron chi connectivity index (χ1n) is 5.91. The predicted octanol–water partition coefficient (Wildman–Crippen LogP) is 4.15. The van der Waals surface area contributed by atoms with Crippen LogP contribution >= 0.6 is 15.9 Å². The minimum atomic E-state index is -0.611. The summed E-state index contributed by atoms with van der Waals surface area (Å²) in [7, 11) is 0. The van der Waals surface area contributed by atoms with E-state index in [1.807, 2.05) is 0 Å². The van der Waals surface area contributed by atoms with Gasteiger partial charge in [-0.25, -0.2) is 4.39 Å². The van der Waals surface area contributed by atoms with Crippen molar-refractivity contribution in [1.29, 1.82) is 0 Å². The number of H-pyrrole nitrogens is 1. The lowest BCUT2D eigenvalue weighted by atomic mass is 9.97. The van der Waals surface area contributed by atoms with Crippen molar-refractivity contribution in [3.05, 3.63) is 29.7 Å². The summed E-state index contributed by atoms with van der Waals surface area (Å²) < 4.78 is 18.8. The van der Waals surface area contributed by atoms with Crippen molar-refractivity contribution in [3.63, 3.8) is 0 Å². The summed E-state index contributed by atoms with van der Waals surface area (Å²) in [6.07, 6.45) is 0. The van der Waals surface area contributed by atoms with Crippen molar-refractivity contribution >= 4 is 32.8 Å². The molecule has 0 unspecified atom stereocenters. The van der Waals surface area contributed by atoms with Gasteiger partial charge in [0, 0.05) is 16.2 Å². The quantitative estimate of drug-likeness (QED) is 0.665. The summed E-state index contributed by atoms with van der Waals surface area (Å²) >= 11 is 3.33. The highest BCUT2D eigenvalue weighted by Crippen LogP contribution is 2.33. The van der Waals surface area contributed by atoms with Crippen molar-refractivity contribution in [2.24, 2.45) is 5.41 Å². The molecule has 2 aromatic rings. The van der Waals surface area contributed by atoms with Crippen LogP contribution in [0.5, 0.6) is 5.75 Å². The number of aromatic amines is 1. The molecule has 1 heterocycles. The number of rotatable bonds is 2. The zero-order valence-corrected chi connectivity index (χ0v) is 12.6. The second kappa shape index (κ2) is 4.96. The number of hydrogen-bond acceptors (Lipinski definition) is 2. The summed E-state index contributed by atoms with van der Waals surface area (Å²) in [5.41, 5.74) is 0.853. The molecule has 19 heavy (non-hydrogen) atoms. The number of aromatic nitrogens is 1. The number of esters is 1. The molecular weight excluding hydrogens is 313 g/mol. The van der Waals surface area contributed by atoms with Gasteiger partial charge >= 0.3 is 5.97 Å². The molecule has 102 valence electrons. The van der Waals surface area contributed by atoms with E-state index < -0.39 is 5.41 Å². The van der Waals surface area contributed by atoms with Gasteiger partial charge in [-0.3, -0.25) is 4.79 Å². The maximum atomic E-state index is 13.3. The zero-order chi connectivity index (χ0) is 14.2. The second-order valence-electron chi connectivity index (χ2n) is 5.40. The van der Waals surface area contributed by atoms with Crippen LogP contribution < -0.4 is 4.74 Å². The van der Waals surface area contributed by atoms with Crippen molar-refractivity contribution < 1.29 is 13.9 Å². The SMILES string of the molecule is CC(C)(C)C(=O)Oc1c(CBr)[nH]c2ccc(F)cc12. The first kappa shape index (κ1) is 14.1. The van der Waals surface area contributed by atoms with Crippen LogP contribution in [0.25, 0.3) is 10.9 Å². The van der Waals surface area contributed by atoms with E-state index in [2.05, 4.69) is 20.9 Å². The number of benzene rings is 1. The van der Waals surface area contributed by atoms with Gasteiger partial charge < -0.3 is 9.72 Å². The number of nitrogens with one attached hydrogen (secondary N) is 1. The topological polar surface area (TPSA) is 42.1 Å². The number of halogens is 2. The van der Waals surface area contributed by atoms with Crippen molar-refractivity contribution in [1.82, 2.24) is 4.98 Å². The molecular formula is C14H15BrFNO2. The van der Waals surface area contributed by atoms with E-state index in [1.165, 1.54) is 12.1 Å². The number of fused-ring (bicyclic) bond motifs is 1. The predicted molar refractivity (Wildman–Crippen MR) is 76.0 cm³/mol. The average Bonchev–Trinajstić information content (AvgIpc) is 2.66. The van der Waals surface area contributed by atoms with E-state index in [0.29, 0.717) is 16.5 Å². The van der Waals surface area contributed by atoms with Crippen molar-refractivity contribution in [2.75, 3.05) is 0 Å². The van der Waals surface area contributed by atoms with Gasteiger partial charge in [0.2, 0.25) is 0 Å². The summed E-state index contributed by atoms with van der Waals surface area (Å²) in [5.74, 6) is -0.313. The van der Waals surface area contributed by atoms with Gasteiger partial charge in [-0.15, -0.1) is 0 Å². The maximum Gasteiger partial charge on any atom is 0.316 e. The summed E-state index contributed by atoms with van der Waals surface area (Å²) in [6.45, 7) is 5.33. The van der Waals surface area contributed by atoms with E-state index in [9.17, 15) is 9.18 Å². The first-order chi connectivity index (χ1) is 8.82. The molecule has 0 saturated heterocycles. The fourth-order valence-electron chi connectivity index (χ4n) is 1.65. The molecule has 1 N–H and O–H groups in total. The Hall–Kier alpha value is -1.36. The molecule has 0 amide bonds. The number of carbonyl (C=O) groups excluding carboxylic acids is 1. The van der Waals surface area contributed by atoms with Crippen LogP contribution in [0.1, 0.15) is 26.5 Å². The molecule has 1 aromatic heterocycles. The molecule has 2 rings (SSSR count). The van der Waals surface area contributed by atoms with E-state index in [4.69, 9.17) is 4.74 Å². The van der Waals surface area contributed by atoms with Crippen LogP contribution in [-0.2, 0) is 10.1 Å². The van der Waals surface area contributed by atoms with E-state index >= 15 is 0 Å². The molecule has 0 aliphatic heterocycles. The molecule has 0 spiro atoms. The minimum absolute atomic E-state index is 0.347. The Labute approximate surface area is 119 Å². The van der Waals surface area contributed by atoms with Gasteiger partial charge in [-0.05, 0) is 39.0 Å². The second-order valence-corrected chi connectivity index (χ2v) is 5.96. The van der Waals surface area contributed by atoms with Crippen LogP contribution in [-0.4, -0.2) is 11.0 Å². The Balaban J connectivity index is 2.51. The van der Waals surface area contributed by atoms with Gasteiger partial charge in [0.05, 0.1) is 11.1 Å². The Morgan fingerprint density at radius 2 is 2.11 bits per heavy atom. The molecule has 0 aliphatic carbocycles. The molecule has 0 aliphatic rings.